The molecule has 0 amide bonds. The van der Waals surface area contributed by atoms with Crippen molar-refractivity contribution < 1.29 is 47.2 Å². The van der Waals surface area contributed by atoms with Gasteiger partial charge in [0.2, 0.25) is 0 Å². The third-order valence-corrected chi connectivity index (χ3v) is 2.78. The van der Waals surface area contributed by atoms with E-state index in [0.29, 0.717) is 25.2 Å². The number of hydroxylamine groups is 3. The topological polar surface area (TPSA) is 117 Å². The number of nitrogens with zero attached hydrogens (tertiary/aromatic N) is 3. The first-order valence-electron chi connectivity index (χ1n) is 7.50. The molecule has 135 valence electrons. The Balaban J connectivity index is 0.00000576. The first-order valence-corrected chi connectivity index (χ1v) is 7.50. The van der Waals surface area contributed by atoms with Gasteiger partial charge in [-0.3, -0.25) is 4.99 Å². The van der Waals surface area contributed by atoms with Gasteiger partial charge in [0.25, 0.3) is 0 Å². The Kier molecular flexibility index (Phi) is 13.2. The Labute approximate surface area is 173 Å². The Morgan fingerprint density at radius 1 is 1.32 bits per heavy atom. The summed E-state index contributed by atoms with van der Waals surface area (Å²) in [7, 11) is 0. The van der Waals surface area contributed by atoms with Gasteiger partial charge in [0.15, 0.2) is 5.96 Å². The number of hydrogen-bond donors (Lipinski definition) is 2. The molecule has 0 spiro atoms. The van der Waals surface area contributed by atoms with E-state index in [9.17, 15) is 4.79 Å². The van der Waals surface area contributed by atoms with Crippen LogP contribution in [0.2, 0.25) is 0 Å². The summed E-state index contributed by atoms with van der Waals surface area (Å²) < 4.78 is 4.93. The number of carbonyl (C=O) groups is 1. The van der Waals surface area contributed by atoms with Crippen LogP contribution in [0.15, 0.2) is 47.5 Å². The van der Waals surface area contributed by atoms with Crippen LogP contribution in [0.4, 0.5) is 0 Å². The van der Waals surface area contributed by atoms with E-state index in [0.717, 1.165) is 5.56 Å². The molecule has 0 saturated heterocycles. The molecule has 1 radical (unpaired) electrons. The summed E-state index contributed by atoms with van der Waals surface area (Å²) >= 11 is 0. The molecule has 0 heterocycles. The van der Waals surface area contributed by atoms with Crippen LogP contribution in [0, 0.1) is 0 Å². The van der Waals surface area contributed by atoms with Crippen molar-refractivity contribution in [2.45, 2.75) is 13.5 Å². The second-order valence-corrected chi connectivity index (χ2v) is 5.01. The zero-order chi connectivity index (χ0) is 17.8. The number of carbonyl (C=O) groups excluding carboxylic acids is 1. The largest absolute Gasteiger partial charge is 0.510 e. The van der Waals surface area contributed by atoms with Gasteiger partial charge in [-0.05, 0) is 12.5 Å². The number of hydrogen-bond acceptors (Lipinski definition) is 5. The van der Waals surface area contributed by atoms with E-state index in [2.05, 4.69) is 17.1 Å². The summed E-state index contributed by atoms with van der Waals surface area (Å²) in [5.41, 5.74) is 15.9. The molecule has 0 unspecified atom stereocenters. The van der Waals surface area contributed by atoms with Crippen LogP contribution in [0.3, 0.4) is 0 Å². The molecule has 0 aliphatic rings. The molecule has 1 aromatic rings. The van der Waals surface area contributed by atoms with Gasteiger partial charge in [-0.2, -0.15) is 0 Å². The van der Waals surface area contributed by atoms with Gasteiger partial charge in [0.1, 0.15) is 0 Å². The molecule has 4 N–H and O–H groups in total. The molecule has 9 heteroatoms. The van der Waals surface area contributed by atoms with Crippen molar-refractivity contribution in [3.8, 4) is 0 Å². The normalized spacial score (nSPS) is 10.0. The number of aliphatic imine (C=N–C) groups is 1. The van der Waals surface area contributed by atoms with Gasteiger partial charge in [-0.25, -0.2) is 9.86 Å². The smallest absolute Gasteiger partial charge is 0.333 e. The molecule has 0 aliphatic carbocycles. The van der Waals surface area contributed by atoms with Crippen LogP contribution >= 0.6 is 0 Å². The van der Waals surface area contributed by atoms with Crippen LogP contribution in [0.5, 0.6) is 0 Å². The molecule has 0 atom stereocenters. The number of nitrogens with two attached hydrogens (primary N) is 2. The Morgan fingerprint density at radius 3 is 2.60 bits per heavy atom. The number of guanidine groups is 1. The summed E-state index contributed by atoms with van der Waals surface area (Å²) in [6, 6.07) is 9.78. The SMILES string of the molecule is C=C(C)C(=O)OCC[N-]ON(CCN=C(N)N)Cc1ccccc1.[Y]. The van der Waals surface area contributed by atoms with Crippen LogP contribution in [0.25, 0.3) is 5.48 Å². The fourth-order valence-electron chi connectivity index (χ4n) is 1.65. The summed E-state index contributed by atoms with van der Waals surface area (Å²) in [6.45, 7) is 6.79. The molecular weight excluding hydrogens is 399 g/mol. The molecule has 0 aliphatic heterocycles. The predicted molar refractivity (Wildman–Crippen MR) is 92.6 cm³/mol. The summed E-state index contributed by atoms with van der Waals surface area (Å²) in [5, 5.41) is 1.63. The second kappa shape index (κ2) is 13.9. The van der Waals surface area contributed by atoms with Crippen molar-refractivity contribution in [1.82, 2.24) is 5.06 Å². The van der Waals surface area contributed by atoms with E-state index < -0.39 is 5.97 Å². The summed E-state index contributed by atoms with van der Waals surface area (Å²) in [4.78, 5) is 20.5. The third-order valence-electron chi connectivity index (χ3n) is 2.78. The van der Waals surface area contributed by atoms with Gasteiger partial charge in [0, 0.05) is 51.4 Å². The van der Waals surface area contributed by atoms with Crippen molar-refractivity contribution in [3.05, 3.63) is 53.5 Å². The van der Waals surface area contributed by atoms with Gasteiger partial charge in [0.05, 0.1) is 13.2 Å². The predicted octanol–water partition coefficient (Wildman–Crippen LogP) is 1.10. The van der Waals surface area contributed by atoms with E-state index in [1.54, 1.807) is 12.0 Å². The van der Waals surface area contributed by atoms with Crippen LogP contribution in [0.1, 0.15) is 12.5 Å². The van der Waals surface area contributed by atoms with E-state index >= 15 is 0 Å². The molecular formula is C16H24N5O3Y-. The number of benzene rings is 1. The summed E-state index contributed by atoms with van der Waals surface area (Å²) in [6.07, 6.45) is 0. The zero-order valence-electron chi connectivity index (χ0n) is 14.4. The molecule has 0 fully saturated rings. The van der Waals surface area contributed by atoms with Gasteiger partial charge >= 0.3 is 5.97 Å². The van der Waals surface area contributed by atoms with Crippen molar-refractivity contribution in [3.63, 3.8) is 0 Å². The fourth-order valence-corrected chi connectivity index (χ4v) is 1.65. The summed E-state index contributed by atoms with van der Waals surface area (Å²) in [5.74, 6) is -0.419. The van der Waals surface area contributed by atoms with Crippen molar-refractivity contribution >= 4 is 11.9 Å². The minimum absolute atomic E-state index is 0. The molecule has 8 nitrogen and oxygen atoms in total. The van der Waals surface area contributed by atoms with Crippen LogP contribution < -0.4 is 11.5 Å². The van der Waals surface area contributed by atoms with Gasteiger partial charge in [-0.15, -0.1) is 0 Å². The maximum Gasteiger partial charge on any atom is 0.333 e. The first-order chi connectivity index (χ1) is 11.5. The van der Waals surface area contributed by atoms with E-state index in [1.807, 2.05) is 30.3 Å². The van der Waals surface area contributed by atoms with Crippen molar-refractivity contribution in [1.29, 1.82) is 0 Å². The second-order valence-electron chi connectivity index (χ2n) is 5.01. The quantitative estimate of drug-likeness (QED) is 0.138. The average molecular weight is 423 g/mol. The Hall–Kier alpha value is -1.32. The molecule has 1 aromatic carbocycles. The molecule has 0 bridgehead atoms. The first kappa shape index (κ1) is 23.7. The van der Waals surface area contributed by atoms with Crippen LogP contribution in [-0.2, 0) is 53.7 Å². The minimum Gasteiger partial charge on any atom is -0.510 e. The third kappa shape index (κ3) is 11.8. The number of ether oxygens (including phenoxy) is 1. The maximum atomic E-state index is 11.2. The molecule has 0 aromatic heterocycles. The Morgan fingerprint density at radius 2 is 2.00 bits per heavy atom. The zero-order valence-corrected chi connectivity index (χ0v) is 17.3. The van der Waals surface area contributed by atoms with Crippen molar-refractivity contribution in [2.75, 3.05) is 26.2 Å². The van der Waals surface area contributed by atoms with E-state index in [-0.39, 0.29) is 51.8 Å². The standard InChI is InChI=1S/C16H24N5O3.Y/c1-13(2)15(22)23-11-9-20-24-21(10-8-19-16(17)18)12-14-6-4-3-5-7-14;/h3-7H,1,8-12H2,2H3,(H4,17,18,19);/q-1;. The van der Waals surface area contributed by atoms with Crippen molar-refractivity contribution in [2.24, 2.45) is 16.5 Å². The van der Waals surface area contributed by atoms with E-state index in [1.165, 1.54) is 0 Å². The minimum atomic E-state index is -0.445. The number of rotatable bonds is 11. The average Bonchev–Trinajstić information content (AvgIpc) is 2.54. The molecule has 0 saturated carbocycles. The van der Waals surface area contributed by atoms with E-state index in [4.69, 9.17) is 21.1 Å². The van der Waals surface area contributed by atoms with Gasteiger partial charge < -0.3 is 26.6 Å². The number of esters is 1. The maximum absolute atomic E-state index is 11.2. The van der Waals surface area contributed by atoms with Crippen LogP contribution in [-0.4, -0.2) is 43.2 Å². The Bertz CT molecular complexity index is 550. The molecule has 1 rings (SSSR count). The molecule has 25 heavy (non-hydrogen) atoms. The van der Waals surface area contributed by atoms with Gasteiger partial charge in [-0.1, -0.05) is 43.5 Å². The fraction of sp³-hybridized carbons (Fsp3) is 0.375. The monoisotopic (exact) mass is 423 g/mol.